The predicted molar refractivity (Wildman–Crippen MR) is 179 cm³/mol. The monoisotopic (exact) mass is 653 g/mol. The van der Waals surface area contributed by atoms with Crippen molar-refractivity contribution in [2.45, 2.75) is 116 Å². The molecule has 0 spiro atoms. The van der Waals surface area contributed by atoms with Crippen LogP contribution in [0.3, 0.4) is 0 Å². The van der Waals surface area contributed by atoms with Gasteiger partial charge in [-0.2, -0.15) is 5.10 Å². The largest absolute Gasteiger partial charge is 0.344 e. The van der Waals surface area contributed by atoms with Crippen molar-refractivity contribution < 1.29 is 23.6 Å². The molecule has 0 radical (unpaired) electrons. The minimum atomic E-state index is -0.877. The fourth-order valence-corrected chi connectivity index (χ4v) is 6.91. The molecule has 2 aromatic rings. The van der Waals surface area contributed by atoms with Crippen LogP contribution in [-0.4, -0.2) is 87.5 Å². The van der Waals surface area contributed by atoms with Crippen molar-refractivity contribution in [2.75, 3.05) is 25.5 Å². The number of rotatable bonds is 12. The Morgan fingerprint density at radius 3 is 2.38 bits per heavy atom. The van der Waals surface area contributed by atoms with E-state index in [-0.39, 0.29) is 41.9 Å². The summed E-state index contributed by atoms with van der Waals surface area (Å²) < 4.78 is 17.3. The van der Waals surface area contributed by atoms with Gasteiger partial charge in [-0.25, -0.2) is 4.39 Å². The first-order valence-corrected chi connectivity index (χ1v) is 17.2. The molecule has 1 saturated heterocycles. The van der Waals surface area contributed by atoms with Gasteiger partial charge in [0.15, 0.2) is 0 Å². The van der Waals surface area contributed by atoms with Crippen LogP contribution in [0, 0.1) is 11.7 Å². The van der Waals surface area contributed by atoms with E-state index in [0.717, 1.165) is 38.5 Å². The zero-order valence-electron chi connectivity index (χ0n) is 28.7. The lowest BCUT2D eigenvalue weighted by Crippen LogP contribution is -2.61. The van der Waals surface area contributed by atoms with Crippen LogP contribution in [0.4, 0.5) is 10.1 Å². The van der Waals surface area contributed by atoms with Crippen molar-refractivity contribution in [3.63, 3.8) is 0 Å². The van der Waals surface area contributed by atoms with Gasteiger partial charge in [0.2, 0.25) is 17.7 Å². The van der Waals surface area contributed by atoms with Gasteiger partial charge in [-0.05, 0) is 69.8 Å². The van der Waals surface area contributed by atoms with Crippen molar-refractivity contribution >= 4 is 29.3 Å². The molecule has 11 nitrogen and oxygen atoms in total. The average molecular weight is 654 g/mol. The smallest absolute Gasteiger partial charge is 0.270 e. The van der Waals surface area contributed by atoms with Crippen LogP contribution in [0.5, 0.6) is 0 Å². The molecule has 2 aliphatic rings. The highest BCUT2D eigenvalue weighted by molar-refractivity contribution is 6.00. The molecule has 2 unspecified atom stereocenters. The SMILES string of the molecule is CCC(=O)N[C@@H](C(=O)N1CC(C)N(C)C(CC)C1)[C@@H](C)c1ccc(NC(=O)[C@@H](NC(=O)c2ccnn2CC)C2CCCCC2)c(F)c1. The van der Waals surface area contributed by atoms with Gasteiger partial charge in [-0.15, -0.1) is 0 Å². The van der Waals surface area contributed by atoms with Gasteiger partial charge in [0.05, 0.1) is 5.69 Å². The van der Waals surface area contributed by atoms with E-state index in [1.807, 2.05) is 11.8 Å². The van der Waals surface area contributed by atoms with Gasteiger partial charge >= 0.3 is 0 Å². The van der Waals surface area contributed by atoms with Crippen molar-refractivity contribution in [3.05, 3.63) is 47.5 Å². The molecule has 1 aromatic heterocycles. The summed E-state index contributed by atoms with van der Waals surface area (Å²) in [6.45, 7) is 11.2. The fourth-order valence-electron chi connectivity index (χ4n) is 6.91. The van der Waals surface area contributed by atoms with E-state index < -0.39 is 35.6 Å². The van der Waals surface area contributed by atoms with Crippen molar-refractivity contribution in [1.29, 1.82) is 0 Å². The zero-order valence-corrected chi connectivity index (χ0v) is 28.7. The molecular formula is C35H52FN7O4. The van der Waals surface area contributed by atoms with E-state index in [4.69, 9.17) is 0 Å². The predicted octanol–water partition coefficient (Wildman–Crippen LogP) is 4.30. The molecular weight excluding hydrogens is 601 g/mol. The van der Waals surface area contributed by atoms with Crippen LogP contribution in [-0.2, 0) is 20.9 Å². The first-order valence-electron chi connectivity index (χ1n) is 17.2. The Morgan fingerprint density at radius 1 is 1.02 bits per heavy atom. The Kier molecular flexibility index (Phi) is 12.5. The molecule has 4 amide bonds. The lowest BCUT2D eigenvalue weighted by atomic mass is 9.83. The van der Waals surface area contributed by atoms with Crippen LogP contribution in [0.25, 0.3) is 0 Å². The average Bonchev–Trinajstić information content (AvgIpc) is 3.57. The van der Waals surface area contributed by atoms with Crippen LogP contribution in [0.2, 0.25) is 0 Å². The number of carbonyl (C=O) groups is 4. The standard InChI is InChI=1S/C35H52FN7O4/c1-7-26-21-42(20-22(4)41(26)6)35(47)31(39-30(44)8-2)23(5)25-15-16-28(27(36)19-25)38-34(46)32(24-13-11-10-12-14-24)40-33(45)29-17-18-37-43(29)9-3/h15-19,22-24,26,31-32H,7-14,20-21H2,1-6H3,(H,38,46)(H,39,44)(H,40,45)/t22?,23-,26?,31+,32-/m0/s1. The van der Waals surface area contributed by atoms with E-state index in [0.29, 0.717) is 30.9 Å². The number of halogens is 1. The lowest BCUT2D eigenvalue weighted by Gasteiger charge is -2.45. The normalized spacial score (nSPS) is 21.0. The molecule has 2 heterocycles. The number of likely N-dealkylation sites (N-methyl/N-ethyl adjacent to an activating group) is 1. The third-order valence-corrected chi connectivity index (χ3v) is 10.1. The third-order valence-electron chi connectivity index (χ3n) is 10.1. The molecule has 5 atom stereocenters. The Labute approximate surface area is 278 Å². The molecule has 12 heteroatoms. The van der Waals surface area contributed by atoms with Gasteiger partial charge < -0.3 is 20.9 Å². The Bertz CT molecular complexity index is 1410. The van der Waals surface area contributed by atoms with Gasteiger partial charge in [0.25, 0.3) is 5.91 Å². The summed E-state index contributed by atoms with van der Waals surface area (Å²) >= 11 is 0. The summed E-state index contributed by atoms with van der Waals surface area (Å²) in [5, 5.41) is 12.7. The quantitative estimate of drug-likeness (QED) is 0.314. The minimum Gasteiger partial charge on any atom is -0.344 e. The highest BCUT2D eigenvalue weighted by Gasteiger charge is 2.37. The van der Waals surface area contributed by atoms with Crippen LogP contribution < -0.4 is 16.0 Å². The molecule has 258 valence electrons. The Balaban J connectivity index is 1.53. The number of amides is 4. The number of aromatic nitrogens is 2. The van der Waals surface area contributed by atoms with Gasteiger partial charge in [-0.3, -0.25) is 28.8 Å². The van der Waals surface area contributed by atoms with Crippen molar-refractivity contribution in [3.8, 4) is 0 Å². The second kappa shape index (κ2) is 16.3. The van der Waals surface area contributed by atoms with Gasteiger partial charge in [0.1, 0.15) is 23.6 Å². The van der Waals surface area contributed by atoms with Crippen LogP contribution >= 0.6 is 0 Å². The maximum Gasteiger partial charge on any atom is 0.270 e. The first kappa shape index (κ1) is 36.0. The van der Waals surface area contributed by atoms with Gasteiger partial charge in [0, 0.05) is 50.3 Å². The number of nitrogens with zero attached hydrogens (tertiary/aromatic N) is 4. The summed E-state index contributed by atoms with van der Waals surface area (Å²) in [7, 11) is 2.07. The molecule has 0 bridgehead atoms. The van der Waals surface area contributed by atoms with Crippen LogP contribution in [0.15, 0.2) is 30.5 Å². The number of aryl methyl sites for hydroxylation is 1. The molecule has 3 N–H and O–H groups in total. The molecule has 1 saturated carbocycles. The number of hydrogen-bond donors (Lipinski definition) is 3. The van der Waals surface area contributed by atoms with E-state index in [2.05, 4.69) is 46.8 Å². The fraction of sp³-hybridized carbons (Fsp3) is 0.629. The number of carbonyl (C=O) groups excluding carboxylic acids is 4. The number of anilines is 1. The lowest BCUT2D eigenvalue weighted by molar-refractivity contribution is -0.140. The zero-order chi connectivity index (χ0) is 34.2. The van der Waals surface area contributed by atoms with E-state index in [9.17, 15) is 19.2 Å². The molecule has 47 heavy (non-hydrogen) atoms. The number of nitrogens with one attached hydrogen (secondary N) is 3. The number of benzene rings is 1. The van der Waals surface area contributed by atoms with Gasteiger partial charge in [-0.1, -0.05) is 46.1 Å². The van der Waals surface area contributed by atoms with Crippen molar-refractivity contribution in [1.82, 2.24) is 30.2 Å². The summed E-state index contributed by atoms with van der Waals surface area (Å²) in [4.78, 5) is 57.4. The number of hydrogen-bond acceptors (Lipinski definition) is 6. The Morgan fingerprint density at radius 2 is 1.74 bits per heavy atom. The van der Waals surface area contributed by atoms with Crippen LogP contribution in [0.1, 0.15) is 102 Å². The van der Waals surface area contributed by atoms with E-state index in [1.54, 1.807) is 36.9 Å². The molecule has 2 fully saturated rings. The summed E-state index contributed by atoms with van der Waals surface area (Å²) in [6, 6.07) is 4.73. The number of piperazine rings is 1. The highest BCUT2D eigenvalue weighted by Crippen LogP contribution is 2.30. The van der Waals surface area contributed by atoms with E-state index >= 15 is 4.39 Å². The molecule has 1 aromatic carbocycles. The first-order chi connectivity index (χ1) is 22.5. The molecule has 1 aliphatic carbocycles. The maximum absolute atomic E-state index is 15.7. The summed E-state index contributed by atoms with van der Waals surface area (Å²) in [5.41, 5.74) is 0.870. The van der Waals surface area contributed by atoms with Crippen molar-refractivity contribution in [2.24, 2.45) is 5.92 Å². The highest BCUT2D eigenvalue weighted by atomic mass is 19.1. The van der Waals surface area contributed by atoms with E-state index in [1.165, 1.54) is 12.1 Å². The topological polar surface area (TPSA) is 129 Å². The second-order valence-electron chi connectivity index (χ2n) is 13.1. The third kappa shape index (κ3) is 8.57. The second-order valence-corrected chi connectivity index (χ2v) is 13.1. The summed E-state index contributed by atoms with van der Waals surface area (Å²) in [5.74, 6) is -2.60. The summed E-state index contributed by atoms with van der Waals surface area (Å²) in [6.07, 6.45) is 7.21. The molecule has 4 rings (SSSR count). The maximum atomic E-state index is 15.7. The Hall–Kier alpha value is -3.80. The minimum absolute atomic E-state index is 0.0150. The molecule has 1 aliphatic heterocycles.